The summed E-state index contributed by atoms with van der Waals surface area (Å²) < 4.78 is 35.4. The van der Waals surface area contributed by atoms with Crippen LogP contribution in [-0.2, 0) is 25.7 Å². The van der Waals surface area contributed by atoms with Crippen molar-refractivity contribution in [3.63, 3.8) is 0 Å². The number of anilines is 3. The van der Waals surface area contributed by atoms with Crippen LogP contribution in [0, 0.1) is 5.92 Å². The Bertz CT molecular complexity index is 3070. The molecule has 5 aliphatic rings. The van der Waals surface area contributed by atoms with Crippen LogP contribution in [-0.4, -0.2) is 174 Å². The van der Waals surface area contributed by atoms with Gasteiger partial charge in [0, 0.05) is 43.2 Å². The Balaban J connectivity index is 0.913. The van der Waals surface area contributed by atoms with Crippen molar-refractivity contribution in [1.29, 1.82) is 0 Å². The van der Waals surface area contributed by atoms with E-state index in [1.807, 2.05) is 0 Å². The molecule has 88 heavy (non-hydrogen) atoms. The number of urea groups is 1. The van der Waals surface area contributed by atoms with E-state index in [4.69, 9.17) is 39.9 Å². The van der Waals surface area contributed by atoms with Gasteiger partial charge in [-0.1, -0.05) is 84.7 Å². The maximum absolute atomic E-state index is 14.3. The number of nitrogens with zero attached hydrogens (tertiary/aromatic N) is 4. The standard InChI is InChI=1S/C61H81N9O16S2/c1-35(2)51(62)53(73)66-42(13-12-20-64-58(63)78)52(72)65-39-16-14-38(15-17-39)33-85-59(79)69-43-29-49(47(81-5)27-40(43)54(74)67-31-36(3)25-45(67)56(69)76)83-22-10-7-11-23-84-50-30-44-41(28-48(50)82-6)55(75)68-32-37(4)26-46(68)57(77)70(44)60(80)86-34-61(18-8-9-19-61)88-87-24-21-71/h14-17,27-30,35,42,45-46,51,56-57,71,76-77H,3-4,7-13,18-26,31-34,62H2,1-2,5-6H3,(H,65,72)(H,66,73)(H3,63,64,78)/t42-,45-,46-,51-,56?,57?/m0/s1. The molecule has 3 aromatic rings. The number of nitrogens with one attached hydrogen (secondary N) is 3. The maximum atomic E-state index is 14.3. The SMILES string of the molecule is C=C1C[C@H]2C(O)N(C(=O)OCc3ccc(NC(=O)[C@H](CCCNC(N)=O)NC(=O)[C@@H](N)C(C)C)cc3)c3cc(OCCCCCOc4cc5c(cc4OC)C(=O)N4CC(=C)C[C@H]4C(O)N5C(=O)OCC4(SSCCO)CCCC4)c(OC)cc3C(=O)N2C1. The Hall–Kier alpha value is -7.43. The molecular formula is C61H81N9O16S2. The smallest absolute Gasteiger partial charge is 0.416 e. The van der Waals surface area contributed by atoms with Gasteiger partial charge in [0.15, 0.2) is 35.5 Å². The molecule has 8 amide bonds. The molecule has 8 rings (SSSR count). The second-order valence-electron chi connectivity index (χ2n) is 22.9. The van der Waals surface area contributed by atoms with E-state index in [1.165, 1.54) is 59.1 Å². The second kappa shape index (κ2) is 30.2. The molecule has 6 atom stereocenters. The fraction of sp³-hybridized carbons (Fsp3) is 0.525. The van der Waals surface area contributed by atoms with Gasteiger partial charge >= 0.3 is 18.2 Å². The first-order valence-electron chi connectivity index (χ1n) is 29.5. The van der Waals surface area contributed by atoms with Crippen LogP contribution in [0.2, 0.25) is 0 Å². The number of hydrogen-bond donors (Lipinski definition) is 8. The fourth-order valence-corrected chi connectivity index (χ4v) is 14.2. The Morgan fingerprint density at radius 2 is 1.28 bits per heavy atom. The first-order chi connectivity index (χ1) is 42.2. The number of methoxy groups -OCH3 is 2. The average Bonchev–Trinajstić information content (AvgIpc) is 2.23. The quantitative estimate of drug-likeness (QED) is 0.0240. The number of aliphatic hydroxyl groups is 3. The summed E-state index contributed by atoms with van der Waals surface area (Å²) >= 11 is 0. The van der Waals surface area contributed by atoms with E-state index >= 15 is 0 Å². The highest BCUT2D eigenvalue weighted by Crippen LogP contribution is 2.49. The van der Waals surface area contributed by atoms with Gasteiger partial charge in [-0.15, -0.1) is 0 Å². The van der Waals surface area contributed by atoms with Gasteiger partial charge in [0.2, 0.25) is 11.8 Å². The fourth-order valence-electron chi connectivity index (χ4n) is 11.3. The number of amides is 8. The number of primary amides is 1. The zero-order valence-electron chi connectivity index (χ0n) is 50.1. The molecule has 0 bridgehead atoms. The number of carbonyl (C=O) groups is 7. The molecule has 0 aromatic heterocycles. The molecule has 4 heterocycles. The number of ether oxygens (including phenoxy) is 6. The van der Waals surface area contributed by atoms with Crippen LogP contribution in [0.4, 0.5) is 31.4 Å². The summed E-state index contributed by atoms with van der Waals surface area (Å²) in [5.74, 6) is -0.717. The lowest BCUT2D eigenvalue weighted by atomic mass is 10.0. The third kappa shape index (κ3) is 15.7. The van der Waals surface area contributed by atoms with E-state index in [0.29, 0.717) is 48.3 Å². The van der Waals surface area contributed by atoms with Crippen molar-refractivity contribution >= 4 is 80.5 Å². The summed E-state index contributed by atoms with van der Waals surface area (Å²) in [7, 11) is 5.99. The number of carbonyl (C=O) groups excluding carboxylic acids is 7. The third-order valence-corrected chi connectivity index (χ3v) is 19.4. The predicted molar refractivity (Wildman–Crippen MR) is 331 cm³/mol. The molecule has 3 fully saturated rings. The number of aliphatic hydroxyl groups excluding tert-OH is 3. The van der Waals surface area contributed by atoms with Crippen LogP contribution in [0.1, 0.15) is 111 Å². The van der Waals surface area contributed by atoms with E-state index in [-0.39, 0.29) is 128 Å². The molecule has 1 saturated carbocycles. The van der Waals surface area contributed by atoms with Gasteiger partial charge < -0.3 is 81.0 Å². The molecule has 0 radical (unpaired) electrons. The van der Waals surface area contributed by atoms with Crippen LogP contribution in [0.5, 0.6) is 23.0 Å². The van der Waals surface area contributed by atoms with Gasteiger partial charge in [-0.2, -0.15) is 0 Å². The van der Waals surface area contributed by atoms with E-state index in [2.05, 4.69) is 29.1 Å². The lowest BCUT2D eigenvalue weighted by Crippen LogP contribution is -2.51. The minimum atomic E-state index is -1.56. The Morgan fingerprint density at radius 3 is 1.78 bits per heavy atom. The van der Waals surface area contributed by atoms with Gasteiger partial charge in [0.1, 0.15) is 19.3 Å². The molecule has 3 aromatic carbocycles. The lowest BCUT2D eigenvalue weighted by molar-refractivity contribution is -0.128. The molecule has 478 valence electrons. The molecule has 2 saturated heterocycles. The minimum Gasteiger partial charge on any atom is -0.493 e. The molecule has 25 nitrogen and oxygen atoms in total. The Labute approximate surface area is 519 Å². The van der Waals surface area contributed by atoms with Crippen LogP contribution in [0.15, 0.2) is 72.8 Å². The topological polar surface area (TPSA) is 337 Å². The Kier molecular flexibility index (Phi) is 22.8. The normalized spacial score (nSPS) is 20.0. The molecular weight excluding hydrogens is 1180 g/mol. The highest BCUT2D eigenvalue weighted by molar-refractivity contribution is 8.77. The van der Waals surface area contributed by atoms with Crippen molar-refractivity contribution in [3.8, 4) is 23.0 Å². The summed E-state index contributed by atoms with van der Waals surface area (Å²) in [6.45, 7) is 12.4. The molecule has 1 aliphatic carbocycles. The first-order valence-corrected chi connectivity index (χ1v) is 31.8. The number of unbranched alkanes of at least 4 members (excludes halogenated alkanes) is 2. The first kappa shape index (κ1) is 66.5. The highest BCUT2D eigenvalue weighted by Gasteiger charge is 2.49. The summed E-state index contributed by atoms with van der Waals surface area (Å²) in [6.07, 6.45) is 1.36. The van der Waals surface area contributed by atoms with Crippen molar-refractivity contribution in [1.82, 2.24) is 20.4 Å². The van der Waals surface area contributed by atoms with Crippen LogP contribution < -0.4 is 56.2 Å². The average molecular weight is 1260 g/mol. The number of hydrogen-bond acceptors (Lipinski definition) is 19. The molecule has 4 aliphatic heterocycles. The zero-order valence-corrected chi connectivity index (χ0v) is 51.8. The van der Waals surface area contributed by atoms with Gasteiger partial charge in [0.05, 0.1) is 79.4 Å². The van der Waals surface area contributed by atoms with Gasteiger partial charge in [-0.3, -0.25) is 19.2 Å². The van der Waals surface area contributed by atoms with E-state index < -0.39 is 78.5 Å². The van der Waals surface area contributed by atoms with E-state index in [0.717, 1.165) is 41.1 Å². The number of rotatable bonds is 27. The number of nitrogens with two attached hydrogens (primary N) is 2. The lowest BCUT2D eigenvalue weighted by Gasteiger charge is -2.33. The van der Waals surface area contributed by atoms with Crippen LogP contribution in [0.25, 0.3) is 0 Å². The van der Waals surface area contributed by atoms with Crippen molar-refractivity contribution in [2.45, 2.75) is 132 Å². The van der Waals surface area contributed by atoms with Crippen molar-refractivity contribution in [3.05, 3.63) is 89.5 Å². The van der Waals surface area contributed by atoms with Crippen molar-refractivity contribution in [2.24, 2.45) is 17.4 Å². The number of fused-ring (bicyclic) bond motifs is 4. The summed E-state index contributed by atoms with van der Waals surface area (Å²) in [6, 6.07) is 8.17. The minimum absolute atomic E-state index is 0.0239. The molecule has 0 spiro atoms. The summed E-state index contributed by atoms with van der Waals surface area (Å²) in [5.41, 5.74) is 13.8. The summed E-state index contributed by atoms with van der Waals surface area (Å²) in [5, 5.41) is 41.3. The third-order valence-electron chi connectivity index (χ3n) is 16.2. The van der Waals surface area contributed by atoms with Crippen molar-refractivity contribution in [2.75, 3.05) is 81.2 Å². The largest absolute Gasteiger partial charge is 0.493 e. The predicted octanol–water partition coefficient (Wildman–Crippen LogP) is 6.17. The van der Waals surface area contributed by atoms with Crippen LogP contribution in [0.3, 0.4) is 0 Å². The summed E-state index contributed by atoms with van der Waals surface area (Å²) in [4.78, 5) is 99.7. The highest BCUT2D eigenvalue weighted by atomic mass is 33.1. The van der Waals surface area contributed by atoms with E-state index in [1.54, 1.807) is 48.9 Å². The zero-order chi connectivity index (χ0) is 63.4. The number of benzene rings is 3. The van der Waals surface area contributed by atoms with Gasteiger partial charge in [-0.05, 0) is 93.5 Å². The second-order valence-corrected chi connectivity index (χ2v) is 25.7. The van der Waals surface area contributed by atoms with E-state index in [9.17, 15) is 48.9 Å². The maximum Gasteiger partial charge on any atom is 0.416 e. The van der Waals surface area contributed by atoms with Crippen molar-refractivity contribution < 1.29 is 77.3 Å². The molecule has 10 N–H and O–H groups in total. The monoisotopic (exact) mass is 1260 g/mol. The molecule has 27 heteroatoms. The Morgan fingerprint density at radius 1 is 0.750 bits per heavy atom. The molecule has 2 unspecified atom stereocenters. The van der Waals surface area contributed by atoms with Gasteiger partial charge in [-0.25, -0.2) is 24.2 Å². The van der Waals surface area contributed by atoms with Gasteiger partial charge in [0.25, 0.3) is 11.8 Å². The van der Waals surface area contributed by atoms with Crippen LogP contribution >= 0.6 is 21.6 Å².